The minimum Gasteiger partial charge on any atom is -0.426 e. The monoisotopic (exact) mass is 326 g/mol. The number of carbonyl (C=O) groups is 1. The molecule has 1 aromatic carbocycles. The summed E-state index contributed by atoms with van der Waals surface area (Å²) in [6.07, 6.45) is 8.50. The largest absolute Gasteiger partial charge is 0.426 e. The fourth-order valence-corrected chi connectivity index (χ4v) is 5.19. The van der Waals surface area contributed by atoms with Crippen molar-refractivity contribution in [3.63, 3.8) is 0 Å². The van der Waals surface area contributed by atoms with E-state index in [1.54, 1.807) is 0 Å². The average molecular weight is 326 g/mol. The van der Waals surface area contributed by atoms with Crippen molar-refractivity contribution >= 4 is 12.0 Å². The Labute approximate surface area is 146 Å². The molecule has 2 heteroatoms. The number of fused-ring (bicyclic) bond motifs is 3. The Morgan fingerprint density at radius 3 is 2.54 bits per heavy atom. The molecule has 0 aliphatic heterocycles. The van der Waals surface area contributed by atoms with E-state index in [0.29, 0.717) is 17.3 Å². The fourth-order valence-electron chi connectivity index (χ4n) is 5.19. The van der Waals surface area contributed by atoms with Gasteiger partial charge in [-0.3, -0.25) is 4.79 Å². The molecule has 0 saturated heterocycles. The molecular formula is C22H30O2. The van der Waals surface area contributed by atoms with Gasteiger partial charge in [-0.05, 0) is 52.7 Å². The maximum absolute atomic E-state index is 11.5. The van der Waals surface area contributed by atoms with Crippen LogP contribution in [0.5, 0.6) is 5.75 Å². The number of allylic oxidation sites excluding steroid dienone is 1. The normalized spacial score (nSPS) is 27.5. The lowest BCUT2D eigenvalue weighted by molar-refractivity contribution is -0.131. The first-order chi connectivity index (χ1) is 11.2. The van der Waals surface area contributed by atoms with E-state index in [-0.39, 0.29) is 11.4 Å². The van der Waals surface area contributed by atoms with E-state index in [9.17, 15) is 4.79 Å². The molecule has 0 radical (unpaired) electrons. The number of ether oxygens (including phenoxy) is 1. The summed E-state index contributed by atoms with van der Waals surface area (Å²) in [7, 11) is 0. The second-order valence-corrected chi connectivity index (χ2v) is 8.78. The van der Waals surface area contributed by atoms with E-state index >= 15 is 0 Å². The van der Waals surface area contributed by atoms with Gasteiger partial charge in [0.05, 0.1) is 0 Å². The van der Waals surface area contributed by atoms with Gasteiger partial charge in [-0.2, -0.15) is 0 Å². The van der Waals surface area contributed by atoms with Gasteiger partial charge in [-0.15, -0.1) is 0 Å². The van der Waals surface area contributed by atoms with Crippen LogP contribution >= 0.6 is 0 Å². The van der Waals surface area contributed by atoms with Crippen molar-refractivity contribution in [2.24, 2.45) is 11.3 Å². The Morgan fingerprint density at radius 2 is 1.92 bits per heavy atom. The predicted molar refractivity (Wildman–Crippen MR) is 99.3 cm³/mol. The number of esters is 1. The van der Waals surface area contributed by atoms with Crippen LogP contribution in [0.1, 0.15) is 83.4 Å². The highest BCUT2D eigenvalue weighted by Crippen LogP contribution is 2.57. The molecule has 0 spiro atoms. The number of carbonyl (C=O) groups excluding carboxylic acids is 1. The minimum absolute atomic E-state index is 0.171. The minimum atomic E-state index is -0.250. The Bertz CT molecular complexity index is 696. The summed E-state index contributed by atoms with van der Waals surface area (Å²) in [6.45, 7) is 13.1. The standard InChI is InChI=1S/C22H30O2/c1-14(2)20-16-8-11-19-21(4,5)12-7-13-22(19,6)17(16)9-10-18(20)24-15(3)23/h8-11,14,19H,7,12-13H2,1-6H3/t19-,22+/m0/s1. The fraction of sp³-hybridized carbons (Fsp3) is 0.591. The first kappa shape index (κ1) is 17.3. The lowest BCUT2D eigenvalue weighted by Gasteiger charge is -2.52. The maximum atomic E-state index is 11.5. The van der Waals surface area contributed by atoms with Crippen LogP contribution in [0.2, 0.25) is 0 Å². The van der Waals surface area contributed by atoms with Crippen molar-refractivity contribution in [2.75, 3.05) is 0 Å². The van der Waals surface area contributed by atoms with Crippen LogP contribution in [0, 0.1) is 11.3 Å². The van der Waals surface area contributed by atoms with Crippen LogP contribution in [0.25, 0.3) is 6.08 Å². The van der Waals surface area contributed by atoms with E-state index in [2.05, 4.69) is 52.8 Å². The highest BCUT2D eigenvalue weighted by molar-refractivity contribution is 5.73. The van der Waals surface area contributed by atoms with E-state index in [4.69, 9.17) is 4.74 Å². The molecule has 2 aliphatic carbocycles. The molecular weight excluding hydrogens is 296 g/mol. The molecule has 2 aliphatic rings. The highest BCUT2D eigenvalue weighted by atomic mass is 16.5. The van der Waals surface area contributed by atoms with Crippen LogP contribution in [0.3, 0.4) is 0 Å². The zero-order valence-corrected chi connectivity index (χ0v) is 15.9. The molecule has 0 N–H and O–H groups in total. The van der Waals surface area contributed by atoms with E-state index < -0.39 is 0 Å². The van der Waals surface area contributed by atoms with Gasteiger partial charge < -0.3 is 4.74 Å². The molecule has 0 heterocycles. The van der Waals surface area contributed by atoms with Crippen molar-refractivity contribution in [2.45, 2.75) is 72.1 Å². The third-order valence-electron chi connectivity index (χ3n) is 6.19. The van der Waals surface area contributed by atoms with Crippen LogP contribution < -0.4 is 4.74 Å². The topological polar surface area (TPSA) is 26.3 Å². The van der Waals surface area contributed by atoms with Crippen LogP contribution in [0.4, 0.5) is 0 Å². The zero-order chi connectivity index (χ0) is 17.7. The summed E-state index contributed by atoms with van der Waals surface area (Å²) >= 11 is 0. The predicted octanol–water partition coefficient (Wildman–Crippen LogP) is 5.85. The van der Waals surface area contributed by atoms with Crippen molar-refractivity contribution in [1.82, 2.24) is 0 Å². The maximum Gasteiger partial charge on any atom is 0.308 e. The van der Waals surface area contributed by atoms with Crippen molar-refractivity contribution < 1.29 is 9.53 Å². The Hall–Kier alpha value is -1.57. The van der Waals surface area contributed by atoms with Crippen LogP contribution in [-0.4, -0.2) is 5.97 Å². The number of hydrogen-bond donors (Lipinski definition) is 0. The molecule has 130 valence electrons. The van der Waals surface area contributed by atoms with Crippen molar-refractivity contribution in [1.29, 1.82) is 0 Å². The van der Waals surface area contributed by atoms with E-state index in [1.165, 1.54) is 42.9 Å². The number of rotatable bonds is 2. The van der Waals surface area contributed by atoms with Gasteiger partial charge in [0.2, 0.25) is 0 Å². The summed E-state index contributed by atoms with van der Waals surface area (Å²) in [6, 6.07) is 4.22. The van der Waals surface area contributed by atoms with Crippen LogP contribution in [0.15, 0.2) is 18.2 Å². The van der Waals surface area contributed by atoms with Crippen molar-refractivity contribution in [3.05, 3.63) is 34.9 Å². The lowest BCUT2D eigenvalue weighted by atomic mass is 9.52. The molecule has 24 heavy (non-hydrogen) atoms. The van der Waals surface area contributed by atoms with Gasteiger partial charge in [0.25, 0.3) is 0 Å². The van der Waals surface area contributed by atoms with Gasteiger partial charge in [0, 0.05) is 12.5 Å². The zero-order valence-electron chi connectivity index (χ0n) is 15.9. The summed E-state index contributed by atoms with van der Waals surface area (Å²) in [5.74, 6) is 1.35. The Morgan fingerprint density at radius 1 is 1.21 bits per heavy atom. The van der Waals surface area contributed by atoms with Crippen molar-refractivity contribution in [3.8, 4) is 5.75 Å². The quantitative estimate of drug-likeness (QED) is 0.503. The van der Waals surface area contributed by atoms with E-state index in [1.807, 2.05) is 6.07 Å². The SMILES string of the molecule is CC(=O)Oc1ccc2c(c1C(C)C)C=C[C@H]1C(C)(C)CCC[C@]21C. The van der Waals surface area contributed by atoms with Gasteiger partial charge in [-0.1, -0.05) is 59.3 Å². The molecule has 1 fully saturated rings. The second-order valence-electron chi connectivity index (χ2n) is 8.78. The molecule has 0 aromatic heterocycles. The van der Waals surface area contributed by atoms with Gasteiger partial charge in [0.15, 0.2) is 0 Å². The summed E-state index contributed by atoms with van der Waals surface area (Å²) in [5, 5.41) is 0. The lowest BCUT2D eigenvalue weighted by Crippen LogP contribution is -2.45. The molecule has 0 bridgehead atoms. The molecule has 2 nitrogen and oxygen atoms in total. The first-order valence-corrected chi connectivity index (χ1v) is 9.21. The van der Waals surface area contributed by atoms with Gasteiger partial charge in [-0.25, -0.2) is 0 Å². The Balaban J connectivity index is 2.19. The van der Waals surface area contributed by atoms with Crippen LogP contribution in [-0.2, 0) is 10.2 Å². The third-order valence-corrected chi connectivity index (χ3v) is 6.19. The van der Waals surface area contributed by atoms with E-state index in [0.717, 1.165) is 5.75 Å². The number of hydrogen-bond acceptors (Lipinski definition) is 2. The highest BCUT2D eigenvalue weighted by Gasteiger charge is 2.48. The average Bonchev–Trinajstić information content (AvgIpc) is 2.44. The summed E-state index contributed by atoms with van der Waals surface area (Å²) in [5.41, 5.74) is 4.38. The van der Waals surface area contributed by atoms with Gasteiger partial charge >= 0.3 is 5.97 Å². The third kappa shape index (κ3) is 2.60. The Kier molecular flexibility index (Phi) is 4.14. The molecule has 2 atom stereocenters. The smallest absolute Gasteiger partial charge is 0.308 e. The van der Waals surface area contributed by atoms with Gasteiger partial charge in [0.1, 0.15) is 5.75 Å². The molecule has 1 aromatic rings. The molecule has 0 amide bonds. The molecule has 1 saturated carbocycles. The molecule has 3 rings (SSSR count). The first-order valence-electron chi connectivity index (χ1n) is 9.21. The number of benzene rings is 1. The second kappa shape index (κ2) is 5.75. The summed E-state index contributed by atoms with van der Waals surface area (Å²) < 4.78 is 5.51. The molecule has 0 unspecified atom stereocenters. The summed E-state index contributed by atoms with van der Waals surface area (Å²) in [4.78, 5) is 11.5.